The van der Waals surface area contributed by atoms with Crippen LogP contribution in [0.25, 0.3) is 0 Å². The predicted octanol–water partition coefficient (Wildman–Crippen LogP) is 1.43. The molecular weight excluding hydrogens is 352 g/mol. The molecule has 0 aliphatic carbocycles. The maximum atomic E-state index is 12.5. The second kappa shape index (κ2) is 5.87. The quantitative estimate of drug-likeness (QED) is 0.764. The predicted molar refractivity (Wildman–Crippen MR) is 89.4 cm³/mol. The molecule has 0 saturated heterocycles. The van der Waals surface area contributed by atoms with Crippen molar-refractivity contribution in [1.82, 2.24) is 9.96 Å². The molecule has 0 bridgehead atoms. The monoisotopic (exact) mass is 364 g/mol. The standard InChI is InChI=1S/C19H12N2O6/c1-10(20-15(22)11-6-2-3-7-12(11)16(20)23)19(26)27-21-17(24)13-8-4-5-9-14(13)18(21)25/h2-10H,1H3. The Kier molecular flexibility index (Phi) is 3.62. The van der Waals surface area contributed by atoms with E-state index < -0.39 is 35.6 Å². The molecule has 0 spiro atoms. The van der Waals surface area contributed by atoms with Crippen LogP contribution < -0.4 is 0 Å². The Balaban J connectivity index is 1.55. The van der Waals surface area contributed by atoms with Crippen molar-refractivity contribution in [2.24, 2.45) is 0 Å². The van der Waals surface area contributed by atoms with Crippen LogP contribution in [0, 0.1) is 0 Å². The van der Waals surface area contributed by atoms with Gasteiger partial charge in [0.15, 0.2) is 0 Å². The molecule has 27 heavy (non-hydrogen) atoms. The summed E-state index contributed by atoms with van der Waals surface area (Å²) in [6, 6.07) is 10.9. The molecule has 0 N–H and O–H groups in total. The van der Waals surface area contributed by atoms with Crippen LogP contribution in [-0.4, -0.2) is 45.6 Å². The van der Waals surface area contributed by atoms with E-state index in [0.717, 1.165) is 4.90 Å². The largest absolute Gasteiger partial charge is 0.355 e. The lowest BCUT2D eigenvalue weighted by Gasteiger charge is -2.22. The summed E-state index contributed by atoms with van der Waals surface area (Å²) in [5, 5.41) is 0.349. The van der Waals surface area contributed by atoms with Gasteiger partial charge in [-0.3, -0.25) is 24.1 Å². The summed E-state index contributed by atoms with van der Waals surface area (Å²) in [7, 11) is 0. The van der Waals surface area contributed by atoms with E-state index in [0.29, 0.717) is 5.06 Å². The zero-order valence-corrected chi connectivity index (χ0v) is 14.0. The zero-order valence-electron chi connectivity index (χ0n) is 14.0. The third-order valence-corrected chi connectivity index (χ3v) is 4.49. The molecule has 2 aromatic carbocycles. The van der Waals surface area contributed by atoms with Gasteiger partial charge in [-0.15, -0.1) is 0 Å². The number of hydrogen-bond donors (Lipinski definition) is 0. The zero-order chi connectivity index (χ0) is 19.3. The first kappa shape index (κ1) is 16.6. The van der Waals surface area contributed by atoms with Crippen LogP contribution >= 0.6 is 0 Å². The molecule has 8 nitrogen and oxygen atoms in total. The van der Waals surface area contributed by atoms with Crippen molar-refractivity contribution in [1.29, 1.82) is 0 Å². The van der Waals surface area contributed by atoms with Gasteiger partial charge in [0.2, 0.25) is 0 Å². The molecule has 0 fully saturated rings. The number of hydroxylamine groups is 2. The van der Waals surface area contributed by atoms with Crippen LogP contribution in [0.15, 0.2) is 48.5 Å². The highest BCUT2D eigenvalue weighted by atomic mass is 16.7. The molecule has 2 aliphatic rings. The van der Waals surface area contributed by atoms with Crippen molar-refractivity contribution in [2.45, 2.75) is 13.0 Å². The smallest absolute Gasteiger partial charge is 0.327 e. The maximum absolute atomic E-state index is 12.5. The van der Waals surface area contributed by atoms with Crippen molar-refractivity contribution in [2.75, 3.05) is 0 Å². The lowest BCUT2D eigenvalue weighted by atomic mass is 10.1. The Bertz CT molecular complexity index is 974. The van der Waals surface area contributed by atoms with Gasteiger partial charge in [-0.25, -0.2) is 4.79 Å². The van der Waals surface area contributed by atoms with E-state index >= 15 is 0 Å². The number of amides is 4. The van der Waals surface area contributed by atoms with E-state index in [1.807, 2.05) is 0 Å². The molecule has 4 rings (SSSR count). The van der Waals surface area contributed by atoms with E-state index in [1.54, 1.807) is 24.3 Å². The molecule has 2 aromatic rings. The highest BCUT2D eigenvalue weighted by Crippen LogP contribution is 2.26. The number of carbonyl (C=O) groups is 5. The Morgan fingerprint density at radius 3 is 1.52 bits per heavy atom. The minimum Gasteiger partial charge on any atom is -0.327 e. The third kappa shape index (κ3) is 2.34. The lowest BCUT2D eigenvalue weighted by Crippen LogP contribution is -2.46. The van der Waals surface area contributed by atoms with Crippen molar-refractivity contribution in [3.63, 3.8) is 0 Å². The fourth-order valence-corrected chi connectivity index (χ4v) is 3.08. The SMILES string of the molecule is CC(C(=O)ON1C(=O)c2ccccc2C1=O)N1C(=O)c2ccccc2C1=O. The summed E-state index contributed by atoms with van der Waals surface area (Å²) in [6.07, 6.45) is 0. The number of benzene rings is 2. The molecule has 0 aromatic heterocycles. The van der Waals surface area contributed by atoms with Crippen LogP contribution in [0.4, 0.5) is 0 Å². The Morgan fingerprint density at radius 2 is 1.11 bits per heavy atom. The fourth-order valence-electron chi connectivity index (χ4n) is 3.08. The maximum Gasteiger partial charge on any atom is 0.355 e. The van der Waals surface area contributed by atoms with Crippen LogP contribution in [0.5, 0.6) is 0 Å². The second-order valence-corrected chi connectivity index (χ2v) is 6.06. The number of carbonyl (C=O) groups excluding carboxylic acids is 5. The molecule has 0 radical (unpaired) electrons. The molecule has 2 heterocycles. The van der Waals surface area contributed by atoms with E-state index in [9.17, 15) is 24.0 Å². The normalized spacial score (nSPS) is 16.5. The van der Waals surface area contributed by atoms with Gasteiger partial charge >= 0.3 is 5.97 Å². The second-order valence-electron chi connectivity index (χ2n) is 6.06. The van der Waals surface area contributed by atoms with Gasteiger partial charge in [-0.2, -0.15) is 0 Å². The molecule has 2 aliphatic heterocycles. The Morgan fingerprint density at radius 1 is 0.741 bits per heavy atom. The van der Waals surface area contributed by atoms with Gasteiger partial charge in [0.1, 0.15) is 6.04 Å². The van der Waals surface area contributed by atoms with E-state index in [2.05, 4.69) is 0 Å². The highest BCUT2D eigenvalue weighted by molar-refractivity contribution is 6.23. The molecule has 0 saturated carbocycles. The first-order chi connectivity index (χ1) is 12.9. The van der Waals surface area contributed by atoms with Gasteiger partial charge in [0.05, 0.1) is 22.3 Å². The summed E-state index contributed by atoms with van der Waals surface area (Å²) in [5.74, 6) is -3.90. The van der Waals surface area contributed by atoms with Gasteiger partial charge < -0.3 is 4.84 Å². The van der Waals surface area contributed by atoms with E-state index in [4.69, 9.17) is 4.84 Å². The van der Waals surface area contributed by atoms with Crippen molar-refractivity contribution >= 4 is 29.6 Å². The molecule has 1 atom stereocenters. The van der Waals surface area contributed by atoms with Crippen LogP contribution in [0.2, 0.25) is 0 Å². The van der Waals surface area contributed by atoms with Crippen molar-refractivity contribution in [3.05, 3.63) is 70.8 Å². The Hall–Kier alpha value is -3.81. The van der Waals surface area contributed by atoms with Gasteiger partial charge in [0.25, 0.3) is 23.6 Å². The fraction of sp³-hybridized carbons (Fsp3) is 0.105. The number of fused-ring (bicyclic) bond motifs is 2. The first-order valence-corrected chi connectivity index (χ1v) is 8.08. The van der Waals surface area contributed by atoms with E-state index in [-0.39, 0.29) is 22.3 Å². The Labute approximate surface area is 152 Å². The molecule has 8 heteroatoms. The number of imide groups is 2. The van der Waals surface area contributed by atoms with Gasteiger partial charge in [-0.1, -0.05) is 29.3 Å². The highest BCUT2D eigenvalue weighted by Gasteiger charge is 2.44. The van der Waals surface area contributed by atoms with Gasteiger partial charge in [-0.05, 0) is 31.2 Å². The summed E-state index contributed by atoms with van der Waals surface area (Å²) in [5.41, 5.74) is 0.595. The summed E-state index contributed by atoms with van der Waals surface area (Å²) < 4.78 is 0. The third-order valence-electron chi connectivity index (χ3n) is 4.49. The molecule has 134 valence electrons. The van der Waals surface area contributed by atoms with Crippen molar-refractivity contribution in [3.8, 4) is 0 Å². The molecule has 4 amide bonds. The summed E-state index contributed by atoms with van der Waals surface area (Å²) in [6.45, 7) is 1.29. The number of rotatable bonds is 3. The van der Waals surface area contributed by atoms with Crippen LogP contribution in [-0.2, 0) is 9.63 Å². The van der Waals surface area contributed by atoms with Crippen LogP contribution in [0.1, 0.15) is 48.4 Å². The summed E-state index contributed by atoms with van der Waals surface area (Å²) >= 11 is 0. The van der Waals surface area contributed by atoms with Gasteiger partial charge in [0, 0.05) is 0 Å². The minimum atomic E-state index is -1.32. The van der Waals surface area contributed by atoms with E-state index in [1.165, 1.54) is 31.2 Å². The number of nitrogens with zero attached hydrogens (tertiary/aromatic N) is 2. The lowest BCUT2D eigenvalue weighted by molar-refractivity contribution is -0.172. The average molecular weight is 364 g/mol. The summed E-state index contributed by atoms with van der Waals surface area (Å²) in [4.78, 5) is 67.6. The van der Waals surface area contributed by atoms with Crippen molar-refractivity contribution < 1.29 is 28.8 Å². The molecular formula is C19H12N2O6. The first-order valence-electron chi connectivity index (χ1n) is 8.08. The topological polar surface area (TPSA) is 101 Å². The minimum absolute atomic E-state index is 0.115. The number of hydrogen-bond acceptors (Lipinski definition) is 6. The van der Waals surface area contributed by atoms with Crippen LogP contribution in [0.3, 0.4) is 0 Å². The average Bonchev–Trinajstić information content (AvgIpc) is 3.08. The molecule has 1 unspecified atom stereocenters.